The fourth-order valence-corrected chi connectivity index (χ4v) is 3.50. The summed E-state index contributed by atoms with van der Waals surface area (Å²) >= 11 is 11.7. The minimum absolute atomic E-state index is 0.0181. The van der Waals surface area contributed by atoms with E-state index < -0.39 is 0 Å². The van der Waals surface area contributed by atoms with Gasteiger partial charge < -0.3 is 4.90 Å². The van der Waals surface area contributed by atoms with Gasteiger partial charge in [0.15, 0.2) is 0 Å². The normalized spacial score (nSPS) is 20.5. The molecule has 0 saturated carbocycles. The second-order valence-electron chi connectivity index (χ2n) is 4.57. The van der Waals surface area contributed by atoms with E-state index in [2.05, 4.69) is 17.7 Å². The van der Waals surface area contributed by atoms with Crippen LogP contribution in [0.25, 0.3) is 11.8 Å². The minimum Gasteiger partial charge on any atom is -0.320 e. The van der Waals surface area contributed by atoms with Crippen molar-refractivity contribution in [3.05, 3.63) is 52.2 Å². The molecule has 1 aromatic carbocycles. The van der Waals surface area contributed by atoms with E-state index in [0.29, 0.717) is 9.93 Å². The second kappa shape index (κ2) is 5.79. The van der Waals surface area contributed by atoms with E-state index in [9.17, 15) is 4.79 Å². The molecular weight excluding hydrogens is 326 g/mol. The van der Waals surface area contributed by atoms with Gasteiger partial charge in [0.2, 0.25) is 0 Å². The quantitative estimate of drug-likeness (QED) is 0.675. The van der Waals surface area contributed by atoms with Crippen molar-refractivity contribution < 1.29 is 4.79 Å². The SMILES string of the molecule is CN1C(=O)/C(=C/c2cnn(-c3cccc(Cl)c3)c2)SC1S. The molecule has 4 nitrogen and oxygen atoms in total. The Morgan fingerprint density at radius 2 is 2.29 bits per heavy atom. The highest BCUT2D eigenvalue weighted by atomic mass is 35.5. The Bertz CT molecular complexity index is 729. The molecule has 1 aromatic heterocycles. The first-order valence-electron chi connectivity index (χ1n) is 6.19. The van der Waals surface area contributed by atoms with E-state index in [0.717, 1.165) is 11.3 Å². The second-order valence-corrected chi connectivity index (χ2v) is 6.96. The molecule has 3 rings (SSSR count). The average Bonchev–Trinajstić information content (AvgIpc) is 3.01. The molecule has 1 atom stereocenters. The molecule has 1 fully saturated rings. The summed E-state index contributed by atoms with van der Waals surface area (Å²) in [7, 11) is 1.74. The molecule has 0 spiro atoms. The monoisotopic (exact) mass is 337 g/mol. The van der Waals surface area contributed by atoms with Crippen molar-refractivity contribution in [2.45, 2.75) is 4.71 Å². The molecule has 0 radical (unpaired) electrons. The Morgan fingerprint density at radius 3 is 2.95 bits per heavy atom. The first-order valence-corrected chi connectivity index (χ1v) is 7.96. The topological polar surface area (TPSA) is 38.1 Å². The molecule has 2 heterocycles. The molecule has 1 aliphatic rings. The zero-order chi connectivity index (χ0) is 15.0. The van der Waals surface area contributed by atoms with Gasteiger partial charge in [-0.2, -0.15) is 5.10 Å². The third-order valence-corrected chi connectivity index (χ3v) is 5.04. The smallest absolute Gasteiger partial charge is 0.261 e. The van der Waals surface area contributed by atoms with Gasteiger partial charge in [0.05, 0.1) is 16.8 Å². The van der Waals surface area contributed by atoms with Crippen molar-refractivity contribution in [2.75, 3.05) is 7.05 Å². The average molecular weight is 338 g/mol. The van der Waals surface area contributed by atoms with Crippen molar-refractivity contribution in [3.8, 4) is 5.69 Å². The summed E-state index contributed by atoms with van der Waals surface area (Å²) in [6.45, 7) is 0. The van der Waals surface area contributed by atoms with Gasteiger partial charge in [0.1, 0.15) is 4.71 Å². The molecule has 0 aliphatic carbocycles. The van der Waals surface area contributed by atoms with Gasteiger partial charge in [-0.3, -0.25) is 4.79 Å². The van der Waals surface area contributed by atoms with Crippen LogP contribution in [0.4, 0.5) is 0 Å². The molecule has 1 amide bonds. The highest BCUT2D eigenvalue weighted by molar-refractivity contribution is 8.14. The van der Waals surface area contributed by atoms with Crippen molar-refractivity contribution >= 4 is 48.0 Å². The minimum atomic E-state index is -0.133. The van der Waals surface area contributed by atoms with Crippen LogP contribution in [0.15, 0.2) is 41.6 Å². The van der Waals surface area contributed by atoms with Crippen LogP contribution in [-0.2, 0) is 4.79 Å². The number of thioether (sulfide) groups is 1. The van der Waals surface area contributed by atoms with Gasteiger partial charge in [-0.15, -0.1) is 12.6 Å². The van der Waals surface area contributed by atoms with E-state index in [1.165, 1.54) is 11.8 Å². The molecule has 1 unspecified atom stereocenters. The van der Waals surface area contributed by atoms with Crippen LogP contribution in [0.5, 0.6) is 0 Å². The zero-order valence-corrected chi connectivity index (χ0v) is 13.6. The largest absolute Gasteiger partial charge is 0.320 e. The van der Waals surface area contributed by atoms with Crippen LogP contribution in [0.1, 0.15) is 5.56 Å². The van der Waals surface area contributed by atoms with Gasteiger partial charge in [-0.05, 0) is 24.3 Å². The third-order valence-electron chi connectivity index (χ3n) is 3.07. The number of hydrogen-bond acceptors (Lipinski definition) is 4. The maximum absolute atomic E-state index is 12.0. The molecule has 21 heavy (non-hydrogen) atoms. The van der Waals surface area contributed by atoms with Crippen molar-refractivity contribution in [1.29, 1.82) is 0 Å². The first-order chi connectivity index (χ1) is 10.0. The predicted octanol–water partition coefficient (Wildman–Crippen LogP) is 3.29. The maximum Gasteiger partial charge on any atom is 0.261 e. The van der Waals surface area contributed by atoms with E-state index in [-0.39, 0.29) is 10.6 Å². The highest BCUT2D eigenvalue weighted by Crippen LogP contribution is 2.36. The van der Waals surface area contributed by atoms with Gasteiger partial charge in [0, 0.05) is 23.8 Å². The van der Waals surface area contributed by atoms with Crippen LogP contribution >= 0.6 is 36.0 Å². The molecule has 1 aliphatic heterocycles. The number of halogens is 1. The van der Waals surface area contributed by atoms with Gasteiger partial charge in [-0.25, -0.2) is 4.68 Å². The summed E-state index contributed by atoms with van der Waals surface area (Å²) in [6.07, 6.45) is 5.40. The Morgan fingerprint density at radius 1 is 1.48 bits per heavy atom. The number of amides is 1. The summed E-state index contributed by atoms with van der Waals surface area (Å²) in [4.78, 5) is 14.3. The maximum atomic E-state index is 12.0. The summed E-state index contributed by atoms with van der Waals surface area (Å²) < 4.78 is 1.59. The number of carbonyl (C=O) groups excluding carboxylic acids is 1. The van der Waals surface area contributed by atoms with Crippen molar-refractivity contribution in [1.82, 2.24) is 14.7 Å². The fraction of sp³-hybridized carbons (Fsp3) is 0.143. The number of hydrogen-bond donors (Lipinski definition) is 1. The third kappa shape index (κ3) is 2.97. The van der Waals surface area contributed by atoms with Crippen LogP contribution in [0.2, 0.25) is 5.02 Å². The number of likely N-dealkylation sites (N-methyl/N-ethyl adjacent to an activating group) is 1. The Kier molecular flexibility index (Phi) is 4.01. The lowest BCUT2D eigenvalue weighted by Crippen LogP contribution is -2.23. The standard InChI is InChI=1S/C14H12ClN3OS2/c1-17-13(19)12(21-14(17)20)5-9-7-16-18(8-9)11-4-2-3-10(15)6-11/h2-8,14,20H,1H3/b12-5-. The Hall–Kier alpha value is -1.37. The van der Waals surface area contributed by atoms with Crippen LogP contribution in [0.3, 0.4) is 0 Å². The lowest BCUT2D eigenvalue weighted by Gasteiger charge is -2.10. The van der Waals surface area contributed by atoms with Crippen LogP contribution in [0, 0.1) is 0 Å². The zero-order valence-electron chi connectivity index (χ0n) is 11.1. The number of thiol groups is 1. The van der Waals surface area contributed by atoms with Gasteiger partial charge in [-0.1, -0.05) is 29.4 Å². The highest BCUT2D eigenvalue weighted by Gasteiger charge is 2.30. The fourth-order valence-electron chi connectivity index (χ4n) is 1.94. The van der Waals surface area contributed by atoms with Crippen LogP contribution in [-0.4, -0.2) is 32.3 Å². The lowest BCUT2D eigenvalue weighted by molar-refractivity contribution is -0.123. The van der Waals surface area contributed by atoms with Crippen LogP contribution < -0.4 is 0 Å². The summed E-state index contributed by atoms with van der Waals surface area (Å²) in [5.41, 5.74) is 1.74. The number of carbonyl (C=O) groups is 1. The van der Waals surface area contributed by atoms with E-state index in [1.54, 1.807) is 22.8 Å². The number of benzene rings is 1. The molecule has 108 valence electrons. The van der Waals surface area contributed by atoms with Gasteiger partial charge >= 0.3 is 0 Å². The molecule has 7 heteroatoms. The van der Waals surface area contributed by atoms with Gasteiger partial charge in [0.25, 0.3) is 5.91 Å². The number of aromatic nitrogens is 2. The first kappa shape index (κ1) is 14.6. The van der Waals surface area contributed by atoms with Crippen molar-refractivity contribution in [3.63, 3.8) is 0 Å². The summed E-state index contributed by atoms with van der Waals surface area (Å²) in [5, 5.41) is 4.95. The molecule has 0 N–H and O–H groups in total. The van der Waals surface area contributed by atoms with E-state index in [1.807, 2.05) is 36.5 Å². The molecule has 0 bridgehead atoms. The molecular formula is C14H12ClN3OS2. The summed E-state index contributed by atoms with van der Waals surface area (Å²) in [6, 6.07) is 7.43. The number of nitrogens with zero attached hydrogens (tertiary/aromatic N) is 3. The van der Waals surface area contributed by atoms with E-state index in [4.69, 9.17) is 11.6 Å². The predicted molar refractivity (Wildman–Crippen MR) is 89.7 cm³/mol. The number of rotatable bonds is 2. The van der Waals surface area contributed by atoms with Crippen molar-refractivity contribution in [2.24, 2.45) is 0 Å². The Balaban J connectivity index is 1.88. The Labute approximate surface area is 137 Å². The summed E-state index contributed by atoms with van der Waals surface area (Å²) in [5.74, 6) is -0.0181. The lowest BCUT2D eigenvalue weighted by atomic mass is 10.3. The molecule has 1 saturated heterocycles. The van der Waals surface area contributed by atoms with E-state index >= 15 is 0 Å². The molecule has 2 aromatic rings.